The number of hydrogen-bond acceptors (Lipinski definition) is 4. The van der Waals surface area contributed by atoms with Gasteiger partial charge in [-0.3, -0.25) is 0 Å². The van der Waals surface area contributed by atoms with Crippen LogP contribution in [0.4, 0.5) is 5.82 Å². The molecule has 1 rings (SSSR count). The summed E-state index contributed by atoms with van der Waals surface area (Å²) in [6, 6.07) is 2.10. The molecule has 15 heavy (non-hydrogen) atoms. The van der Waals surface area contributed by atoms with Crippen molar-refractivity contribution in [1.29, 1.82) is 0 Å². The summed E-state index contributed by atoms with van der Waals surface area (Å²) in [4.78, 5) is 4.06. The van der Waals surface area contributed by atoms with Crippen molar-refractivity contribution in [3.8, 4) is 0 Å². The number of pyridine rings is 1. The van der Waals surface area contributed by atoms with Gasteiger partial charge in [0.05, 0.1) is 5.02 Å². The van der Waals surface area contributed by atoms with Crippen molar-refractivity contribution in [2.75, 3.05) is 24.3 Å². The highest BCUT2D eigenvalue weighted by atomic mass is 35.5. The highest BCUT2D eigenvalue weighted by molar-refractivity contribution is 7.98. The molecule has 0 saturated heterocycles. The van der Waals surface area contributed by atoms with Gasteiger partial charge in [-0.05, 0) is 18.9 Å². The van der Waals surface area contributed by atoms with Gasteiger partial charge in [0.1, 0.15) is 5.82 Å². The number of aromatic nitrogens is 1. The van der Waals surface area contributed by atoms with Crippen LogP contribution in [0.1, 0.15) is 18.5 Å². The van der Waals surface area contributed by atoms with Gasteiger partial charge in [-0.25, -0.2) is 4.98 Å². The highest BCUT2D eigenvalue weighted by Gasteiger charge is 2.13. The fourth-order valence-corrected chi connectivity index (χ4v) is 2.21. The minimum atomic E-state index is 0.219. The number of nitrogen functional groups attached to an aromatic ring is 1. The van der Waals surface area contributed by atoms with E-state index in [9.17, 15) is 0 Å². The van der Waals surface area contributed by atoms with Crippen molar-refractivity contribution in [2.24, 2.45) is 0 Å². The quantitative estimate of drug-likeness (QED) is 0.836. The number of halogens is 1. The van der Waals surface area contributed by atoms with E-state index in [0.29, 0.717) is 10.8 Å². The standard InChI is InChI=1S/C10H16ClN3S/c1-3-13-9(6-15-2)8-4-7(11)5-14-10(8)12/h4-5,9,13H,3,6H2,1-2H3,(H2,12,14). The summed E-state index contributed by atoms with van der Waals surface area (Å²) in [6.07, 6.45) is 3.64. The van der Waals surface area contributed by atoms with Gasteiger partial charge in [-0.15, -0.1) is 0 Å². The van der Waals surface area contributed by atoms with Crippen LogP contribution < -0.4 is 11.1 Å². The molecule has 1 atom stereocenters. The van der Waals surface area contributed by atoms with E-state index >= 15 is 0 Å². The van der Waals surface area contributed by atoms with Gasteiger partial charge in [0.2, 0.25) is 0 Å². The van der Waals surface area contributed by atoms with Crippen LogP contribution in [0, 0.1) is 0 Å². The molecule has 3 nitrogen and oxygen atoms in total. The van der Waals surface area contributed by atoms with Gasteiger partial charge in [0.15, 0.2) is 0 Å². The molecule has 0 radical (unpaired) electrons. The topological polar surface area (TPSA) is 50.9 Å². The molecular formula is C10H16ClN3S. The third kappa shape index (κ3) is 3.55. The van der Waals surface area contributed by atoms with Crippen molar-refractivity contribution >= 4 is 29.2 Å². The maximum atomic E-state index is 5.91. The molecule has 84 valence electrons. The van der Waals surface area contributed by atoms with E-state index < -0.39 is 0 Å². The average Bonchev–Trinajstić information content (AvgIpc) is 2.21. The Morgan fingerprint density at radius 2 is 2.40 bits per heavy atom. The number of hydrogen-bond donors (Lipinski definition) is 2. The molecule has 0 aliphatic heterocycles. The molecule has 0 aliphatic carbocycles. The van der Waals surface area contributed by atoms with Crippen molar-refractivity contribution in [2.45, 2.75) is 13.0 Å². The third-order valence-corrected chi connectivity index (χ3v) is 2.95. The summed E-state index contributed by atoms with van der Waals surface area (Å²) in [5, 5.41) is 4.00. The Hall–Kier alpha value is -0.450. The van der Waals surface area contributed by atoms with Crippen molar-refractivity contribution in [3.63, 3.8) is 0 Å². The van der Waals surface area contributed by atoms with Crippen LogP contribution >= 0.6 is 23.4 Å². The Labute approximate surface area is 99.8 Å². The molecule has 3 N–H and O–H groups in total. The lowest BCUT2D eigenvalue weighted by molar-refractivity contribution is 0.606. The van der Waals surface area contributed by atoms with Crippen LogP contribution in [0.25, 0.3) is 0 Å². The van der Waals surface area contributed by atoms with E-state index in [2.05, 4.69) is 23.5 Å². The van der Waals surface area contributed by atoms with Crippen LogP contribution in [-0.4, -0.2) is 23.5 Å². The first kappa shape index (κ1) is 12.6. The SMILES string of the molecule is CCNC(CSC)c1cc(Cl)cnc1N. The molecule has 0 fully saturated rings. The second-order valence-electron chi connectivity index (χ2n) is 3.19. The zero-order valence-electron chi connectivity index (χ0n) is 8.96. The van der Waals surface area contributed by atoms with Crippen LogP contribution in [-0.2, 0) is 0 Å². The molecule has 1 heterocycles. The van der Waals surface area contributed by atoms with Crippen LogP contribution in [0.2, 0.25) is 5.02 Å². The molecule has 0 saturated carbocycles. The van der Waals surface area contributed by atoms with E-state index in [0.717, 1.165) is 17.9 Å². The summed E-state index contributed by atoms with van der Waals surface area (Å²) in [5.74, 6) is 1.51. The lowest BCUT2D eigenvalue weighted by Crippen LogP contribution is -2.24. The monoisotopic (exact) mass is 245 g/mol. The molecule has 0 aromatic carbocycles. The second kappa shape index (κ2) is 6.20. The van der Waals surface area contributed by atoms with Crippen molar-refractivity contribution in [1.82, 2.24) is 10.3 Å². The van der Waals surface area contributed by atoms with Crippen LogP contribution in [0.5, 0.6) is 0 Å². The number of nitrogens with zero attached hydrogens (tertiary/aromatic N) is 1. The Morgan fingerprint density at radius 3 is 3.00 bits per heavy atom. The average molecular weight is 246 g/mol. The molecule has 5 heteroatoms. The molecular weight excluding hydrogens is 230 g/mol. The van der Waals surface area contributed by atoms with Crippen LogP contribution in [0.3, 0.4) is 0 Å². The Balaban J connectivity index is 2.93. The summed E-state index contributed by atoms with van der Waals surface area (Å²) in [6.45, 7) is 2.97. The van der Waals surface area contributed by atoms with Crippen molar-refractivity contribution in [3.05, 3.63) is 22.8 Å². The second-order valence-corrected chi connectivity index (χ2v) is 4.54. The zero-order chi connectivity index (χ0) is 11.3. The van der Waals surface area contributed by atoms with Gasteiger partial charge in [0, 0.05) is 23.6 Å². The maximum Gasteiger partial charge on any atom is 0.128 e. The normalized spacial score (nSPS) is 12.7. The first-order valence-electron chi connectivity index (χ1n) is 4.82. The maximum absolute atomic E-state index is 5.91. The largest absolute Gasteiger partial charge is 0.383 e. The summed E-state index contributed by atoms with van der Waals surface area (Å²) < 4.78 is 0. The lowest BCUT2D eigenvalue weighted by Gasteiger charge is -2.18. The summed E-state index contributed by atoms with van der Waals surface area (Å²) >= 11 is 7.68. The molecule has 0 aliphatic rings. The minimum absolute atomic E-state index is 0.219. The van der Waals surface area contributed by atoms with E-state index in [1.807, 2.05) is 6.07 Å². The molecule has 1 aromatic heterocycles. The van der Waals surface area contributed by atoms with Gasteiger partial charge in [-0.1, -0.05) is 18.5 Å². The van der Waals surface area contributed by atoms with E-state index in [-0.39, 0.29) is 6.04 Å². The van der Waals surface area contributed by atoms with Crippen molar-refractivity contribution < 1.29 is 0 Å². The predicted molar refractivity (Wildman–Crippen MR) is 68.5 cm³/mol. The third-order valence-electron chi connectivity index (χ3n) is 2.08. The number of rotatable bonds is 5. The molecule has 0 bridgehead atoms. The Kier molecular flexibility index (Phi) is 5.22. The minimum Gasteiger partial charge on any atom is -0.383 e. The fourth-order valence-electron chi connectivity index (χ4n) is 1.42. The van der Waals surface area contributed by atoms with E-state index in [1.165, 1.54) is 0 Å². The highest BCUT2D eigenvalue weighted by Crippen LogP contribution is 2.24. The van der Waals surface area contributed by atoms with Gasteiger partial charge in [-0.2, -0.15) is 11.8 Å². The molecule has 0 spiro atoms. The van der Waals surface area contributed by atoms with Gasteiger partial charge < -0.3 is 11.1 Å². The number of nitrogens with one attached hydrogen (secondary N) is 1. The first-order valence-corrected chi connectivity index (χ1v) is 6.59. The smallest absolute Gasteiger partial charge is 0.128 e. The Morgan fingerprint density at radius 1 is 1.67 bits per heavy atom. The van der Waals surface area contributed by atoms with Crippen LogP contribution in [0.15, 0.2) is 12.3 Å². The van der Waals surface area contributed by atoms with E-state index in [1.54, 1.807) is 18.0 Å². The Bertz CT molecular complexity index is 314. The predicted octanol–water partition coefficient (Wildman–Crippen LogP) is 2.33. The van der Waals surface area contributed by atoms with Gasteiger partial charge >= 0.3 is 0 Å². The van der Waals surface area contributed by atoms with E-state index in [4.69, 9.17) is 17.3 Å². The first-order chi connectivity index (χ1) is 7.19. The number of thioether (sulfide) groups is 1. The number of nitrogens with two attached hydrogens (primary N) is 1. The zero-order valence-corrected chi connectivity index (χ0v) is 10.5. The fraction of sp³-hybridized carbons (Fsp3) is 0.500. The molecule has 1 aromatic rings. The van der Waals surface area contributed by atoms with Gasteiger partial charge in [0.25, 0.3) is 0 Å². The summed E-state index contributed by atoms with van der Waals surface area (Å²) in [7, 11) is 0. The summed E-state index contributed by atoms with van der Waals surface area (Å²) in [5.41, 5.74) is 6.82. The molecule has 0 amide bonds. The number of anilines is 1. The molecule has 1 unspecified atom stereocenters. The lowest BCUT2D eigenvalue weighted by atomic mass is 10.1.